The van der Waals surface area contributed by atoms with Crippen LogP contribution in [0.1, 0.15) is 24.4 Å². The monoisotopic (exact) mass is 224 g/mol. The molecule has 0 bridgehead atoms. The molecule has 0 aromatic heterocycles. The summed E-state index contributed by atoms with van der Waals surface area (Å²) in [6, 6.07) is 5.02. The van der Waals surface area contributed by atoms with Gasteiger partial charge in [-0.3, -0.25) is 0 Å². The lowest BCUT2D eigenvalue weighted by Gasteiger charge is -2.20. The van der Waals surface area contributed by atoms with E-state index in [-0.39, 0.29) is 23.7 Å². The second kappa shape index (κ2) is 4.80. The number of hydrogen-bond acceptors (Lipinski definition) is 3. The van der Waals surface area contributed by atoms with E-state index in [1.807, 2.05) is 6.07 Å². The number of nitrogens with one attached hydrogen (secondary N) is 1. The topological polar surface area (TPSA) is 47.3 Å². The highest BCUT2D eigenvalue weighted by Gasteiger charge is 2.23. The molecule has 0 unspecified atom stereocenters. The minimum atomic E-state index is -0.353. The fraction of sp³-hybridized carbons (Fsp3) is 0.500. The summed E-state index contributed by atoms with van der Waals surface area (Å²) in [4.78, 5) is 0. The number of nitrogens with two attached hydrogens (primary N) is 1. The van der Waals surface area contributed by atoms with Gasteiger partial charge in [-0.15, -0.1) is 0 Å². The molecule has 0 aliphatic carbocycles. The zero-order valence-corrected chi connectivity index (χ0v) is 9.37. The van der Waals surface area contributed by atoms with Gasteiger partial charge in [-0.2, -0.15) is 0 Å². The van der Waals surface area contributed by atoms with Crippen LogP contribution in [0, 0.1) is 5.82 Å². The molecule has 1 aliphatic rings. The second-order valence-corrected chi connectivity index (χ2v) is 4.12. The largest absolute Gasteiger partial charge is 0.494 e. The third-order valence-corrected chi connectivity index (χ3v) is 3.09. The van der Waals surface area contributed by atoms with Crippen molar-refractivity contribution in [2.45, 2.75) is 24.9 Å². The fourth-order valence-corrected chi connectivity index (χ4v) is 2.14. The molecule has 1 aromatic rings. The molecule has 88 valence electrons. The number of benzene rings is 1. The standard InChI is InChI=1S/C12H17FN2O/c1-16-11-5-4-8(7-9(11)13)12(14)10-3-2-6-15-10/h4-5,7,10,12,15H,2-3,6,14H2,1H3/t10-,12+/m0/s1. The zero-order valence-electron chi connectivity index (χ0n) is 9.37. The first kappa shape index (κ1) is 11.4. The minimum absolute atomic E-state index is 0.150. The van der Waals surface area contributed by atoms with Crippen LogP contribution in [0.15, 0.2) is 18.2 Å². The maximum Gasteiger partial charge on any atom is 0.165 e. The Morgan fingerprint density at radius 2 is 2.38 bits per heavy atom. The van der Waals surface area contributed by atoms with E-state index >= 15 is 0 Å². The lowest BCUT2D eigenvalue weighted by Crippen LogP contribution is -2.34. The van der Waals surface area contributed by atoms with Gasteiger partial charge in [0.25, 0.3) is 0 Å². The Bertz CT molecular complexity index is 364. The van der Waals surface area contributed by atoms with Gasteiger partial charge in [-0.25, -0.2) is 4.39 Å². The van der Waals surface area contributed by atoms with E-state index in [1.54, 1.807) is 6.07 Å². The van der Waals surface area contributed by atoms with Crippen LogP contribution in [0.5, 0.6) is 5.75 Å². The summed E-state index contributed by atoms with van der Waals surface area (Å²) in [6.07, 6.45) is 2.19. The van der Waals surface area contributed by atoms with Crippen molar-refractivity contribution in [2.24, 2.45) is 5.73 Å². The summed E-state index contributed by atoms with van der Waals surface area (Å²) in [5.41, 5.74) is 6.91. The van der Waals surface area contributed by atoms with Gasteiger partial charge in [-0.05, 0) is 37.1 Å². The Kier molecular flexibility index (Phi) is 3.41. The van der Waals surface area contributed by atoms with E-state index in [0.29, 0.717) is 0 Å². The van der Waals surface area contributed by atoms with E-state index in [1.165, 1.54) is 13.2 Å². The summed E-state index contributed by atoms with van der Waals surface area (Å²) in [5, 5.41) is 3.32. The van der Waals surface area contributed by atoms with E-state index in [4.69, 9.17) is 10.5 Å². The molecule has 0 spiro atoms. The van der Waals surface area contributed by atoms with Crippen LogP contribution in [0.25, 0.3) is 0 Å². The molecule has 16 heavy (non-hydrogen) atoms. The first-order chi connectivity index (χ1) is 7.72. The Labute approximate surface area is 94.8 Å². The Balaban J connectivity index is 2.16. The second-order valence-electron chi connectivity index (χ2n) is 4.12. The molecule has 2 rings (SSSR count). The molecule has 3 nitrogen and oxygen atoms in total. The highest BCUT2D eigenvalue weighted by atomic mass is 19.1. The first-order valence-corrected chi connectivity index (χ1v) is 5.55. The van der Waals surface area contributed by atoms with Gasteiger partial charge in [0, 0.05) is 12.1 Å². The molecule has 0 amide bonds. The third-order valence-electron chi connectivity index (χ3n) is 3.09. The molecule has 3 N–H and O–H groups in total. The number of methoxy groups -OCH3 is 1. The number of hydrogen-bond donors (Lipinski definition) is 2. The normalized spacial score (nSPS) is 22.1. The van der Waals surface area contributed by atoms with Crippen molar-refractivity contribution in [3.05, 3.63) is 29.6 Å². The molecule has 1 fully saturated rings. The van der Waals surface area contributed by atoms with E-state index < -0.39 is 0 Å². The molecule has 0 saturated carbocycles. The lowest BCUT2D eigenvalue weighted by molar-refractivity contribution is 0.385. The molecule has 2 atom stereocenters. The summed E-state index contributed by atoms with van der Waals surface area (Å²) in [6.45, 7) is 0.997. The maximum absolute atomic E-state index is 13.5. The van der Waals surface area contributed by atoms with Crippen LogP contribution in [0.3, 0.4) is 0 Å². The predicted octanol–water partition coefficient (Wildman–Crippen LogP) is 1.59. The van der Waals surface area contributed by atoms with Crippen molar-refractivity contribution in [1.82, 2.24) is 5.32 Å². The predicted molar refractivity (Wildman–Crippen MR) is 60.9 cm³/mol. The molecule has 0 radical (unpaired) electrons. The number of ether oxygens (including phenoxy) is 1. The molecule has 4 heteroatoms. The molecular formula is C12H17FN2O. The summed E-state index contributed by atoms with van der Waals surface area (Å²) >= 11 is 0. The van der Waals surface area contributed by atoms with Gasteiger partial charge < -0.3 is 15.8 Å². The van der Waals surface area contributed by atoms with Crippen LogP contribution in [-0.4, -0.2) is 19.7 Å². The van der Waals surface area contributed by atoms with Crippen LogP contribution in [0.4, 0.5) is 4.39 Å². The molecule has 1 saturated heterocycles. The van der Waals surface area contributed by atoms with Crippen molar-refractivity contribution in [3.63, 3.8) is 0 Å². The van der Waals surface area contributed by atoms with Gasteiger partial charge in [0.1, 0.15) is 0 Å². The van der Waals surface area contributed by atoms with Crippen LogP contribution >= 0.6 is 0 Å². The van der Waals surface area contributed by atoms with Crippen molar-refractivity contribution < 1.29 is 9.13 Å². The quantitative estimate of drug-likeness (QED) is 0.819. The van der Waals surface area contributed by atoms with Crippen molar-refractivity contribution in [3.8, 4) is 5.75 Å². The highest BCUT2D eigenvalue weighted by Crippen LogP contribution is 2.25. The Morgan fingerprint density at radius 1 is 1.56 bits per heavy atom. The fourth-order valence-electron chi connectivity index (χ4n) is 2.14. The smallest absolute Gasteiger partial charge is 0.165 e. The van der Waals surface area contributed by atoms with Gasteiger partial charge in [-0.1, -0.05) is 6.07 Å². The molecule has 1 aromatic carbocycles. The van der Waals surface area contributed by atoms with Crippen LogP contribution in [0.2, 0.25) is 0 Å². The van der Waals surface area contributed by atoms with E-state index in [0.717, 1.165) is 24.9 Å². The zero-order chi connectivity index (χ0) is 11.5. The van der Waals surface area contributed by atoms with Gasteiger partial charge in [0.2, 0.25) is 0 Å². The molecule has 1 aliphatic heterocycles. The highest BCUT2D eigenvalue weighted by molar-refractivity contribution is 5.31. The first-order valence-electron chi connectivity index (χ1n) is 5.55. The third kappa shape index (κ3) is 2.18. The summed E-state index contributed by atoms with van der Waals surface area (Å²) < 4.78 is 18.4. The SMILES string of the molecule is COc1ccc([C@@H](N)[C@@H]2CCCN2)cc1F. The average Bonchev–Trinajstić information content (AvgIpc) is 2.81. The van der Waals surface area contributed by atoms with Crippen molar-refractivity contribution >= 4 is 0 Å². The van der Waals surface area contributed by atoms with E-state index in [9.17, 15) is 4.39 Å². The van der Waals surface area contributed by atoms with Crippen LogP contribution in [-0.2, 0) is 0 Å². The molecular weight excluding hydrogens is 207 g/mol. The van der Waals surface area contributed by atoms with Gasteiger partial charge >= 0.3 is 0 Å². The van der Waals surface area contributed by atoms with Gasteiger partial charge in [0.15, 0.2) is 11.6 Å². The minimum Gasteiger partial charge on any atom is -0.494 e. The summed E-state index contributed by atoms with van der Waals surface area (Å²) in [7, 11) is 1.45. The summed E-state index contributed by atoms with van der Waals surface area (Å²) in [5.74, 6) is -0.0937. The van der Waals surface area contributed by atoms with Gasteiger partial charge in [0.05, 0.1) is 7.11 Å². The van der Waals surface area contributed by atoms with E-state index in [2.05, 4.69) is 5.32 Å². The Morgan fingerprint density at radius 3 is 2.94 bits per heavy atom. The average molecular weight is 224 g/mol. The Hall–Kier alpha value is -1.13. The number of halogens is 1. The maximum atomic E-state index is 13.5. The van der Waals surface area contributed by atoms with Crippen molar-refractivity contribution in [2.75, 3.05) is 13.7 Å². The van der Waals surface area contributed by atoms with Crippen molar-refractivity contribution in [1.29, 1.82) is 0 Å². The number of rotatable bonds is 3. The van der Waals surface area contributed by atoms with Crippen LogP contribution < -0.4 is 15.8 Å². The lowest BCUT2D eigenvalue weighted by atomic mass is 9.99. The molecule has 1 heterocycles.